The van der Waals surface area contributed by atoms with Gasteiger partial charge in [0.25, 0.3) is 0 Å². The second-order valence-corrected chi connectivity index (χ2v) is 6.48. The first-order valence-electron chi connectivity index (χ1n) is 5.90. The van der Waals surface area contributed by atoms with E-state index in [0.29, 0.717) is 24.0 Å². The van der Waals surface area contributed by atoms with Crippen molar-refractivity contribution in [1.29, 1.82) is 0 Å². The number of nitrogens with two attached hydrogens (primary N) is 1. The molecule has 0 unspecified atom stereocenters. The molecule has 0 fully saturated rings. The van der Waals surface area contributed by atoms with Gasteiger partial charge in [0.15, 0.2) is 11.5 Å². The number of ether oxygens (including phenoxy) is 2. The molecule has 1 heterocycles. The summed E-state index contributed by atoms with van der Waals surface area (Å²) < 4.78 is 11.0. The lowest BCUT2D eigenvalue weighted by Gasteiger charge is -2.21. The van der Waals surface area contributed by atoms with Crippen molar-refractivity contribution in [2.24, 2.45) is 5.73 Å². The molecule has 0 radical (unpaired) electrons. The zero-order valence-electron chi connectivity index (χ0n) is 10.7. The summed E-state index contributed by atoms with van der Waals surface area (Å²) in [5, 5.41) is 0.620. The summed E-state index contributed by atoms with van der Waals surface area (Å²) in [5.41, 5.74) is 6.94. The smallest absolute Gasteiger partial charge is 0.179 e. The molecule has 1 aliphatic heterocycles. The first-order valence-corrected chi connectivity index (χ1v) is 7.44. The van der Waals surface area contributed by atoms with Crippen LogP contribution in [0.15, 0.2) is 12.1 Å². The number of benzene rings is 1. The summed E-state index contributed by atoms with van der Waals surface area (Å²) in [7, 11) is 0. The molecule has 5 heteroatoms. The third kappa shape index (κ3) is 3.70. The topological polar surface area (TPSA) is 44.5 Å². The van der Waals surface area contributed by atoms with Crippen molar-refractivity contribution in [1.82, 2.24) is 0 Å². The Morgan fingerprint density at radius 2 is 2.06 bits per heavy atom. The monoisotopic (exact) mass is 287 g/mol. The van der Waals surface area contributed by atoms with Crippen LogP contribution < -0.4 is 15.2 Å². The summed E-state index contributed by atoms with van der Waals surface area (Å²) in [4.78, 5) is 0. The van der Waals surface area contributed by atoms with E-state index in [0.717, 1.165) is 22.8 Å². The molecule has 0 aromatic heterocycles. The second kappa shape index (κ2) is 5.59. The van der Waals surface area contributed by atoms with Gasteiger partial charge in [-0.25, -0.2) is 0 Å². The molecular formula is C13H18ClNO2S. The van der Waals surface area contributed by atoms with Crippen molar-refractivity contribution in [2.45, 2.75) is 25.1 Å². The maximum Gasteiger partial charge on any atom is 0.179 e. The predicted octanol–water partition coefficient (Wildman–Crippen LogP) is 3.08. The Bertz CT molecular complexity index is 432. The Labute approximate surface area is 117 Å². The molecule has 0 saturated carbocycles. The molecule has 0 spiro atoms. The average molecular weight is 288 g/mol. The van der Waals surface area contributed by atoms with Crippen LogP contribution in [0, 0.1) is 0 Å². The number of fused-ring (bicyclic) bond motifs is 1. The summed E-state index contributed by atoms with van der Waals surface area (Å²) in [6.07, 6.45) is 0. The molecule has 0 atom stereocenters. The fraction of sp³-hybridized carbons (Fsp3) is 0.538. The Kier molecular flexibility index (Phi) is 4.30. The zero-order valence-corrected chi connectivity index (χ0v) is 12.2. The van der Waals surface area contributed by atoms with Crippen LogP contribution >= 0.6 is 23.4 Å². The van der Waals surface area contributed by atoms with E-state index in [1.54, 1.807) is 11.8 Å². The molecule has 0 aliphatic carbocycles. The van der Waals surface area contributed by atoms with Crippen molar-refractivity contribution in [3.63, 3.8) is 0 Å². The first kappa shape index (κ1) is 13.8. The highest BCUT2D eigenvalue weighted by atomic mass is 35.5. The zero-order chi connectivity index (χ0) is 13.2. The Balaban J connectivity index is 2.03. The summed E-state index contributed by atoms with van der Waals surface area (Å²) in [5.74, 6) is 3.18. The van der Waals surface area contributed by atoms with E-state index in [1.807, 2.05) is 26.0 Å². The van der Waals surface area contributed by atoms with Gasteiger partial charge in [0, 0.05) is 17.0 Å². The molecule has 1 aromatic carbocycles. The Hall–Kier alpha value is -0.580. The fourth-order valence-electron chi connectivity index (χ4n) is 1.68. The normalized spacial score (nSPS) is 14.7. The minimum absolute atomic E-state index is 0.151. The van der Waals surface area contributed by atoms with Crippen molar-refractivity contribution in [3.05, 3.63) is 22.7 Å². The lowest BCUT2D eigenvalue weighted by atomic mass is 10.1. The van der Waals surface area contributed by atoms with Gasteiger partial charge in [-0.05, 0) is 31.5 Å². The van der Waals surface area contributed by atoms with E-state index < -0.39 is 0 Å². The third-order valence-electron chi connectivity index (χ3n) is 2.40. The van der Waals surface area contributed by atoms with E-state index >= 15 is 0 Å². The Morgan fingerprint density at radius 1 is 1.33 bits per heavy atom. The first-order chi connectivity index (χ1) is 8.46. The maximum atomic E-state index is 6.18. The van der Waals surface area contributed by atoms with Crippen molar-refractivity contribution in [3.8, 4) is 11.5 Å². The van der Waals surface area contributed by atoms with Gasteiger partial charge < -0.3 is 15.2 Å². The highest BCUT2D eigenvalue weighted by molar-refractivity contribution is 7.98. The van der Waals surface area contributed by atoms with Gasteiger partial charge in [0.05, 0.1) is 5.02 Å². The standard InChI is InChI=1S/C13H18ClNO2S/c1-13(2,15)8-18-7-9-5-10(14)12-11(6-9)16-3-4-17-12/h5-6H,3-4,7-8,15H2,1-2H3. The van der Waals surface area contributed by atoms with Crippen LogP contribution in [0.2, 0.25) is 5.02 Å². The molecule has 1 aliphatic rings. The SMILES string of the molecule is CC(C)(N)CSCc1cc(Cl)c2c(c1)OCCO2. The lowest BCUT2D eigenvalue weighted by molar-refractivity contribution is 0.171. The maximum absolute atomic E-state index is 6.18. The van der Waals surface area contributed by atoms with Gasteiger partial charge in [-0.1, -0.05) is 11.6 Å². The quantitative estimate of drug-likeness (QED) is 0.924. The summed E-state index contributed by atoms with van der Waals surface area (Å²) in [6, 6.07) is 3.93. The van der Waals surface area contributed by atoms with E-state index in [4.69, 9.17) is 26.8 Å². The van der Waals surface area contributed by atoms with Crippen molar-refractivity contribution in [2.75, 3.05) is 19.0 Å². The number of thioether (sulfide) groups is 1. The minimum Gasteiger partial charge on any atom is -0.486 e. The largest absolute Gasteiger partial charge is 0.486 e. The number of halogens is 1. The lowest BCUT2D eigenvalue weighted by Crippen LogP contribution is -2.34. The minimum atomic E-state index is -0.151. The van der Waals surface area contributed by atoms with Crippen LogP contribution in [0.25, 0.3) is 0 Å². The molecule has 3 nitrogen and oxygen atoms in total. The van der Waals surface area contributed by atoms with Crippen LogP contribution in [0.3, 0.4) is 0 Å². The van der Waals surface area contributed by atoms with Crippen LogP contribution in [-0.2, 0) is 5.75 Å². The van der Waals surface area contributed by atoms with E-state index in [9.17, 15) is 0 Å². The van der Waals surface area contributed by atoms with Gasteiger partial charge in [-0.2, -0.15) is 11.8 Å². The highest BCUT2D eigenvalue weighted by Crippen LogP contribution is 2.39. The van der Waals surface area contributed by atoms with Gasteiger partial charge in [-0.3, -0.25) is 0 Å². The molecule has 2 rings (SSSR count). The van der Waals surface area contributed by atoms with Crippen LogP contribution in [0.1, 0.15) is 19.4 Å². The summed E-state index contributed by atoms with van der Waals surface area (Å²) in [6.45, 7) is 5.19. The number of hydrogen-bond donors (Lipinski definition) is 1. The predicted molar refractivity (Wildman–Crippen MR) is 76.9 cm³/mol. The molecule has 18 heavy (non-hydrogen) atoms. The third-order valence-corrected chi connectivity index (χ3v) is 4.17. The average Bonchev–Trinajstić information content (AvgIpc) is 2.27. The highest BCUT2D eigenvalue weighted by Gasteiger charge is 2.17. The van der Waals surface area contributed by atoms with E-state index in [-0.39, 0.29) is 5.54 Å². The van der Waals surface area contributed by atoms with Gasteiger partial charge in [-0.15, -0.1) is 0 Å². The van der Waals surface area contributed by atoms with Crippen LogP contribution in [-0.4, -0.2) is 24.5 Å². The number of rotatable bonds is 4. The van der Waals surface area contributed by atoms with E-state index in [2.05, 4.69) is 0 Å². The van der Waals surface area contributed by atoms with Gasteiger partial charge >= 0.3 is 0 Å². The molecule has 100 valence electrons. The Morgan fingerprint density at radius 3 is 2.78 bits per heavy atom. The molecule has 2 N–H and O–H groups in total. The molecule has 1 aromatic rings. The van der Waals surface area contributed by atoms with Crippen LogP contribution in [0.5, 0.6) is 11.5 Å². The molecule has 0 bridgehead atoms. The molecule has 0 saturated heterocycles. The summed E-state index contributed by atoms with van der Waals surface area (Å²) >= 11 is 7.97. The van der Waals surface area contributed by atoms with Crippen LogP contribution in [0.4, 0.5) is 0 Å². The number of hydrogen-bond acceptors (Lipinski definition) is 4. The second-order valence-electron chi connectivity index (χ2n) is 5.08. The fourth-order valence-corrected chi connectivity index (χ4v) is 3.00. The van der Waals surface area contributed by atoms with Crippen molar-refractivity contribution >= 4 is 23.4 Å². The molecule has 0 amide bonds. The van der Waals surface area contributed by atoms with Gasteiger partial charge in [0.2, 0.25) is 0 Å². The van der Waals surface area contributed by atoms with E-state index in [1.165, 1.54) is 0 Å². The molecular weight excluding hydrogens is 270 g/mol. The van der Waals surface area contributed by atoms with Crippen molar-refractivity contribution < 1.29 is 9.47 Å². The van der Waals surface area contributed by atoms with Gasteiger partial charge in [0.1, 0.15) is 13.2 Å².